The first-order valence-corrected chi connectivity index (χ1v) is 8.14. The van der Waals surface area contributed by atoms with Gasteiger partial charge in [0.25, 0.3) is 0 Å². The summed E-state index contributed by atoms with van der Waals surface area (Å²) >= 11 is 6.23. The minimum absolute atomic E-state index is 0.593. The maximum absolute atomic E-state index is 6.23. The molecule has 4 heteroatoms. The number of benzene rings is 1. The number of nitrogens with zero attached hydrogens (tertiary/aromatic N) is 2. The van der Waals surface area contributed by atoms with Crippen LogP contribution in [0.15, 0.2) is 30.5 Å². The molecule has 0 saturated heterocycles. The smallest absolute Gasteiger partial charge is 0.0815 e. The normalized spacial score (nSPS) is 16.1. The molecule has 0 aliphatic heterocycles. The van der Waals surface area contributed by atoms with Gasteiger partial charge in [0.15, 0.2) is 0 Å². The highest BCUT2D eigenvalue weighted by Gasteiger charge is 2.15. The van der Waals surface area contributed by atoms with Gasteiger partial charge in [0.1, 0.15) is 0 Å². The van der Waals surface area contributed by atoms with Crippen molar-refractivity contribution >= 4 is 17.3 Å². The van der Waals surface area contributed by atoms with E-state index in [1.807, 2.05) is 19.1 Å². The van der Waals surface area contributed by atoms with Gasteiger partial charge in [-0.3, -0.25) is 4.68 Å². The van der Waals surface area contributed by atoms with Crippen LogP contribution in [0.3, 0.4) is 0 Å². The summed E-state index contributed by atoms with van der Waals surface area (Å²) < 4.78 is 2.15. The van der Waals surface area contributed by atoms with Gasteiger partial charge in [-0.05, 0) is 43.5 Å². The van der Waals surface area contributed by atoms with Crippen molar-refractivity contribution in [1.82, 2.24) is 9.78 Å². The van der Waals surface area contributed by atoms with Gasteiger partial charge in [0.05, 0.1) is 29.0 Å². The molecule has 1 fully saturated rings. The minimum atomic E-state index is 0.593. The number of hydrogen-bond acceptors (Lipinski definition) is 2. The Morgan fingerprint density at radius 3 is 2.81 bits per heavy atom. The average molecular weight is 304 g/mol. The zero-order valence-electron chi connectivity index (χ0n) is 12.5. The monoisotopic (exact) mass is 303 g/mol. The van der Waals surface area contributed by atoms with E-state index in [1.165, 1.54) is 37.7 Å². The minimum Gasteiger partial charge on any atom is -0.378 e. The molecule has 1 aromatic carbocycles. The molecule has 0 unspecified atom stereocenters. The van der Waals surface area contributed by atoms with Crippen LogP contribution in [0.2, 0.25) is 5.02 Å². The molecular weight excluding hydrogens is 282 g/mol. The Morgan fingerprint density at radius 1 is 1.24 bits per heavy atom. The van der Waals surface area contributed by atoms with Crippen LogP contribution in [0.5, 0.6) is 0 Å². The van der Waals surface area contributed by atoms with Gasteiger partial charge in [-0.25, -0.2) is 0 Å². The Bertz CT molecular complexity index is 600. The van der Waals surface area contributed by atoms with Gasteiger partial charge in [0.2, 0.25) is 0 Å². The lowest BCUT2D eigenvalue weighted by Crippen LogP contribution is -2.13. The van der Waals surface area contributed by atoms with Crippen LogP contribution in [0.25, 0.3) is 0 Å². The summed E-state index contributed by atoms with van der Waals surface area (Å²) in [6.07, 6.45) is 8.67. The predicted octanol–water partition coefficient (Wildman–Crippen LogP) is 4.96. The SMILES string of the molecule is Cc1ccc(NCc2ccn(C3CCCCC3)n2)c(Cl)c1. The van der Waals surface area contributed by atoms with Gasteiger partial charge >= 0.3 is 0 Å². The van der Waals surface area contributed by atoms with Gasteiger partial charge in [-0.2, -0.15) is 5.10 Å². The predicted molar refractivity (Wildman–Crippen MR) is 87.9 cm³/mol. The fourth-order valence-electron chi connectivity index (χ4n) is 2.97. The molecule has 3 nitrogen and oxygen atoms in total. The molecule has 2 aromatic rings. The highest BCUT2D eigenvalue weighted by atomic mass is 35.5. The van der Waals surface area contributed by atoms with Crippen molar-refractivity contribution in [2.45, 2.75) is 51.6 Å². The first-order chi connectivity index (χ1) is 10.2. The van der Waals surface area contributed by atoms with E-state index in [1.54, 1.807) is 0 Å². The third kappa shape index (κ3) is 3.59. The van der Waals surface area contributed by atoms with Crippen LogP contribution < -0.4 is 5.32 Å². The Kier molecular flexibility index (Phi) is 4.49. The van der Waals surface area contributed by atoms with Crippen LogP contribution in [0.4, 0.5) is 5.69 Å². The third-order valence-corrected chi connectivity index (χ3v) is 4.51. The number of hydrogen-bond donors (Lipinski definition) is 1. The molecule has 0 atom stereocenters. The highest BCUT2D eigenvalue weighted by molar-refractivity contribution is 6.33. The van der Waals surface area contributed by atoms with Crippen LogP contribution in [-0.2, 0) is 6.54 Å². The zero-order valence-corrected chi connectivity index (χ0v) is 13.2. The van der Waals surface area contributed by atoms with E-state index < -0.39 is 0 Å². The molecule has 1 aliphatic carbocycles. The average Bonchev–Trinajstić information content (AvgIpc) is 2.96. The molecule has 0 bridgehead atoms. The second kappa shape index (κ2) is 6.52. The van der Waals surface area contributed by atoms with E-state index in [0.29, 0.717) is 12.6 Å². The summed E-state index contributed by atoms with van der Waals surface area (Å²) in [5.74, 6) is 0. The number of rotatable bonds is 4. The molecule has 1 aromatic heterocycles. The van der Waals surface area contributed by atoms with E-state index in [-0.39, 0.29) is 0 Å². The van der Waals surface area contributed by atoms with Crippen molar-refractivity contribution in [1.29, 1.82) is 0 Å². The van der Waals surface area contributed by atoms with Crippen molar-refractivity contribution in [2.75, 3.05) is 5.32 Å². The largest absolute Gasteiger partial charge is 0.378 e. The summed E-state index contributed by atoms with van der Waals surface area (Å²) in [5.41, 5.74) is 3.21. The number of aryl methyl sites for hydroxylation is 1. The summed E-state index contributed by atoms with van der Waals surface area (Å²) in [7, 11) is 0. The van der Waals surface area contributed by atoms with E-state index in [0.717, 1.165) is 16.4 Å². The molecule has 3 rings (SSSR count). The van der Waals surface area contributed by atoms with E-state index in [9.17, 15) is 0 Å². The van der Waals surface area contributed by atoms with Gasteiger partial charge in [-0.15, -0.1) is 0 Å². The molecule has 112 valence electrons. The van der Waals surface area contributed by atoms with Gasteiger partial charge in [0, 0.05) is 6.20 Å². The second-order valence-corrected chi connectivity index (χ2v) is 6.32. The number of nitrogens with one attached hydrogen (secondary N) is 1. The fourth-order valence-corrected chi connectivity index (χ4v) is 3.27. The summed E-state index contributed by atoms with van der Waals surface area (Å²) in [5, 5.41) is 8.84. The molecular formula is C17H22ClN3. The standard InChI is InChI=1S/C17H22ClN3/c1-13-7-8-17(16(18)11-13)19-12-14-9-10-21(20-14)15-5-3-2-4-6-15/h7-11,15,19H,2-6,12H2,1H3. The van der Waals surface area contributed by atoms with Crippen molar-refractivity contribution in [2.24, 2.45) is 0 Å². The Labute approximate surface area is 131 Å². The summed E-state index contributed by atoms with van der Waals surface area (Å²) in [4.78, 5) is 0. The Hall–Kier alpha value is -1.48. The number of anilines is 1. The zero-order chi connectivity index (χ0) is 14.7. The highest BCUT2D eigenvalue weighted by Crippen LogP contribution is 2.27. The maximum atomic E-state index is 6.23. The molecule has 1 aliphatic rings. The first kappa shape index (κ1) is 14.5. The Morgan fingerprint density at radius 2 is 2.05 bits per heavy atom. The molecule has 0 amide bonds. The maximum Gasteiger partial charge on any atom is 0.0815 e. The topological polar surface area (TPSA) is 29.9 Å². The summed E-state index contributed by atoms with van der Waals surface area (Å²) in [6.45, 7) is 2.75. The Balaban J connectivity index is 1.61. The van der Waals surface area contributed by atoms with Crippen molar-refractivity contribution in [3.8, 4) is 0 Å². The van der Waals surface area contributed by atoms with Crippen molar-refractivity contribution in [3.63, 3.8) is 0 Å². The molecule has 1 heterocycles. The van der Waals surface area contributed by atoms with E-state index in [2.05, 4.69) is 28.3 Å². The fraction of sp³-hybridized carbons (Fsp3) is 0.471. The lowest BCUT2D eigenvalue weighted by Gasteiger charge is -2.21. The van der Waals surface area contributed by atoms with Crippen molar-refractivity contribution < 1.29 is 0 Å². The van der Waals surface area contributed by atoms with E-state index >= 15 is 0 Å². The van der Waals surface area contributed by atoms with Crippen LogP contribution >= 0.6 is 11.6 Å². The van der Waals surface area contributed by atoms with Crippen LogP contribution in [0, 0.1) is 6.92 Å². The molecule has 1 N–H and O–H groups in total. The summed E-state index contributed by atoms with van der Waals surface area (Å²) in [6, 6.07) is 8.76. The quantitative estimate of drug-likeness (QED) is 0.865. The van der Waals surface area contributed by atoms with Crippen LogP contribution in [0.1, 0.15) is 49.4 Å². The lowest BCUT2D eigenvalue weighted by molar-refractivity contribution is 0.328. The molecule has 0 radical (unpaired) electrons. The second-order valence-electron chi connectivity index (χ2n) is 5.92. The first-order valence-electron chi connectivity index (χ1n) is 7.76. The van der Waals surface area contributed by atoms with Gasteiger partial charge in [-0.1, -0.05) is 36.9 Å². The van der Waals surface area contributed by atoms with E-state index in [4.69, 9.17) is 16.7 Å². The van der Waals surface area contributed by atoms with Gasteiger partial charge < -0.3 is 5.32 Å². The number of halogens is 1. The van der Waals surface area contributed by atoms with Crippen LogP contribution in [-0.4, -0.2) is 9.78 Å². The third-order valence-electron chi connectivity index (χ3n) is 4.20. The molecule has 1 saturated carbocycles. The lowest BCUT2D eigenvalue weighted by atomic mass is 9.96. The van der Waals surface area contributed by atoms with Crippen molar-refractivity contribution in [3.05, 3.63) is 46.7 Å². The molecule has 21 heavy (non-hydrogen) atoms. The molecule has 0 spiro atoms. The number of aromatic nitrogens is 2.